The molecule has 1 aliphatic heterocycles. The topological polar surface area (TPSA) is 75.8 Å². The van der Waals surface area contributed by atoms with Gasteiger partial charge in [-0.1, -0.05) is 0 Å². The number of nitrogens with two attached hydrogens (primary N) is 1. The Labute approximate surface area is 83.8 Å². The number of hydrogen-bond donors (Lipinski definition) is 2. The molecule has 0 aromatic carbocycles. The Hall–Kier alpha value is -0.650. The Morgan fingerprint density at radius 2 is 2.43 bits per heavy atom. The molecule has 0 saturated carbocycles. The van der Waals surface area contributed by atoms with Crippen molar-refractivity contribution >= 4 is 5.91 Å². The van der Waals surface area contributed by atoms with E-state index >= 15 is 0 Å². The summed E-state index contributed by atoms with van der Waals surface area (Å²) in [6.45, 7) is 2.88. The number of aliphatic hydroxyl groups is 1. The van der Waals surface area contributed by atoms with Crippen LogP contribution in [0.5, 0.6) is 0 Å². The number of rotatable bonds is 3. The van der Waals surface area contributed by atoms with E-state index in [1.807, 2.05) is 0 Å². The number of methoxy groups -OCH3 is 1. The van der Waals surface area contributed by atoms with Gasteiger partial charge in [0.25, 0.3) is 0 Å². The summed E-state index contributed by atoms with van der Waals surface area (Å²) >= 11 is 0. The van der Waals surface area contributed by atoms with Crippen molar-refractivity contribution in [1.82, 2.24) is 4.90 Å². The monoisotopic (exact) mass is 202 g/mol. The molecule has 0 bridgehead atoms. The number of ether oxygens (including phenoxy) is 1. The molecule has 1 heterocycles. The normalized spacial score (nSPS) is 29.3. The first-order valence-electron chi connectivity index (χ1n) is 4.72. The van der Waals surface area contributed by atoms with Crippen LogP contribution in [0, 0.1) is 0 Å². The zero-order chi connectivity index (χ0) is 10.8. The molecule has 1 amide bonds. The second-order valence-corrected chi connectivity index (χ2v) is 4.07. The van der Waals surface area contributed by atoms with Crippen molar-refractivity contribution in [3.63, 3.8) is 0 Å². The first-order valence-corrected chi connectivity index (χ1v) is 4.72. The van der Waals surface area contributed by atoms with E-state index < -0.39 is 11.6 Å². The number of amides is 1. The van der Waals surface area contributed by atoms with Crippen LogP contribution in [0.1, 0.15) is 13.3 Å². The maximum Gasteiger partial charge on any atom is 0.241 e. The Bertz CT molecular complexity index is 218. The number of carbonyl (C=O) groups is 1. The fourth-order valence-electron chi connectivity index (χ4n) is 1.62. The zero-order valence-corrected chi connectivity index (χ0v) is 8.69. The molecule has 3 N–H and O–H groups in total. The highest BCUT2D eigenvalue weighted by Crippen LogP contribution is 2.20. The average Bonchev–Trinajstić information content (AvgIpc) is 2.45. The molecule has 0 aromatic rings. The molecule has 0 radical (unpaired) electrons. The lowest BCUT2D eigenvalue weighted by Gasteiger charge is -2.21. The van der Waals surface area contributed by atoms with Gasteiger partial charge in [0, 0.05) is 20.2 Å². The van der Waals surface area contributed by atoms with E-state index in [1.165, 1.54) is 7.11 Å². The highest BCUT2D eigenvalue weighted by molar-refractivity contribution is 5.82. The maximum atomic E-state index is 11.6. The van der Waals surface area contributed by atoms with E-state index in [0.29, 0.717) is 19.5 Å². The van der Waals surface area contributed by atoms with Crippen molar-refractivity contribution in [2.24, 2.45) is 5.73 Å². The standard InChI is InChI=1S/C9H18N2O3/c1-9(13)3-4-11(6-9)8(12)7(10)5-14-2/h7,13H,3-6,10H2,1-2H3. The second kappa shape index (κ2) is 4.25. The molecule has 2 atom stereocenters. The summed E-state index contributed by atoms with van der Waals surface area (Å²) in [7, 11) is 1.51. The van der Waals surface area contributed by atoms with Gasteiger partial charge >= 0.3 is 0 Å². The van der Waals surface area contributed by atoms with E-state index in [9.17, 15) is 9.90 Å². The smallest absolute Gasteiger partial charge is 0.241 e. The lowest BCUT2D eigenvalue weighted by Crippen LogP contribution is -2.46. The van der Waals surface area contributed by atoms with E-state index in [4.69, 9.17) is 10.5 Å². The lowest BCUT2D eigenvalue weighted by atomic mass is 10.1. The first-order chi connectivity index (χ1) is 6.46. The van der Waals surface area contributed by atoms with Crippen molar-refractivity contribution < 1.29 is 14.6 Å². The predicted molar refractivity (Wildman–Crippen MR) is 51.7 cm³/mol. The molecule has 14 heavy (non-hydrogen) atoms. The SMILES string of the molecule is COCC(N)C(=O)N1CCC(C)(O)C1. The van der Waals surface area contributed by atoms with E-state index in [0.717, 1.165) is 0 Å². The van der Waals surface area contributed by atoms with Crippen molar-refractivity contribution in [2.45, 2.75) is 25.0 Å². The number of hydrogen-bond acceptors (Lipinski definition) is 4. The molecule has 0 spiro atoms. The Morgan fingerprint density at radius 3 is 2.86 bits per heavy atom. The van der Waals surface area contributed by atoms with Gasteiger partial charge in [0.1, 0.15) is 6.04 Å². The molecule has 5 heteroatoms. The van der Waals surface area contributed by atoms with Crippen LogP contribution >= 0.6 is 0 Å². The minimum Gasteiger partial charge on any atom is -0.388 e. The van der Waals surface area contributed by atoms with Crippen molar-refractivity contribution in [3.8, 4) is 0 Å². The van der Waals surface area contributed by atoms with Crippen LogP contribution in [0.2, 0.25) is 0 Å². The second-order valence-electron chi connectivity index (χ2n) is 4.07. The van der Waals surface area contributed by atoms with Gasteiger partial charge in [0.2, 0.25) is 5.91 Å². The maximum absolute atomic E-state index is 11.6. The van der Waals surface area contributed by atoms with Crippen molar-refractivity contribution in [1.29, 1.82) is 0 Å². The fraction of sp³-hybridized carbons (Fsp3) is 0.889. The summed E-state index contributed by atoms with van der Waals surface area (Å²) < 4.78 is 4.80. The highest BCUT2D eigenvalue weighted by atomic mass is 16.5. The quantitative estimate of drug-likeness (QED) is 0.612. The molecule has 1 saturated heterocycles. The summed E-state index contributed by atoms with van der Waals surface area (Å²) in [5, 5.41) is 9.66. The largest absolute Gasteiger partial charge is 0.388 e. The van der Waals surface area contributed by atoms with Gasteiger partial charge in [-0.25, -0.2) is 0 Å². The number of carbonyl (C=O) groups excluding carboxylic acids is 1. The lowest BCUT2D eigenvalue weighted by molar-refractivity contribution is -0.133. The van der Waals surface area contributed by atoms with Gasteiger partial charge in [0.05, 0.1) is 12.2 Å². The molecular formula is C9H18N2O3. The van der Waals surface area contributed by atoms with Crippen LogP contribution in [-0.2, 0) is 9.53 Å². The molecule has 0 aliphatic carbocycles. The van der Waals surface area contributed by atoms with E-state index in [1.54, 1.807) is 11.8 Å². The molecule has 82 valence electrons. The first kappa shape index (κ1) is 11.4. The summed E-state index contributed by atoms with van der Waals surface area (Å²) in [4.78, 5) is 13.2. The predicted octanol–water partition coefficient (Wildman–Crippen LogP) is -1.06. The van der Waals surface area contributed by atoms with Crippen molar-refractivity contribution in [3.05, 3.63) is 0 Å². The fourth-order valence-corrected chi connectivity index (χ4v) is 1.62. The van der Waals surface area contributed by atoms with Gasteiger partial charge in [-0.05, 0) is 13.3 Å². The van der Waals surface area contributed by atoms with Crippen LogP contribution in [0.15, 0.2) is 0 Å². The van der Waals surface area contributed by atoms with Crippen LogP contribution in [0.3, 0.4) is 0 Å². The van der Waals surface area contributed by atoms with Crippen LogP contribution in [0.25, 0.3) is 0 Å². The Balaban J connectivity index is 2.47. The summed E-state index contributed by atoms with van der Waals surface area (Å²) in [6.07, 6.45) is 0.610. The minimum absolute atomic E-state index is 0.148. The van der Waals surface area contributed by atoms with Crippen molar-refractivity contribution in [2.75, 3.05) is 26.8 Å². The third-order valence-corrected chi connectivity index (χ3v) is 2.43. The van der Waals surface area contributed by atoms with Gasteiger partial charge < -0.3 is 20.5 Å². The van der Waals surface area contributed by atoms with Gasteiger partial charge in [-0.3, -0.25) is 4.79 Å². The zero-order valence-electron chi connectivity index (χ0n) is 8.69. The molecular weight excluding hydrogens is 184 g/mol. The van der Waals surface area contributed by atoms with E-state index in [2.05, 4.69) is 0 Å². The molecule has 5 nitrogen and oxygen atoms in total. The summed E-state index contributed by atoms with van der Waals surface area (Å²) in [6, 6.07) is -0.617. The molecule has 2 unspecified atom stereocenters. The summed E-state index contributed by atoms with van der Waals surface area (Å²) in [5.74, 6) is -0.148. The van der Waals surface area contributed by atoms with Gasteiger partial charge in [0.15, 0.2) is 0 Å². The highest BCUT2D eigenvalue weighted by Gasteiger charge is 2.35. The van der Waals surface area contributed by atoms with Gasteiger partial charge in [-0.2, -0.15) is 0 Å². The van der Waals surface area contributed by atoms with Crippen LogP contribution in [-0.4, -0.2) is 54.4 Å². The molecule has 1 aliphatic rings. The molecule has 0 aromatic heterocycles. The van der Waals surface area contributed by atoms with Crippen LogP contribution < -0.4 is 5.73 Å². The minimum atomic E-state index is -0.761. The number of β-amino-alcohol motifs (C(OH)–C–C–N with tert-alkyl or cyclic N) is 1. The third-order valence-electron chi connectivity index (χ3n) is 2.43. The number of nitrogens with zero attached hydrogens (tertiary/aromatic N) is 1. The van der Waals surface area contributed by atoms with Gasteiger partial charge in [-0.15, -0.1) is 0 Å². The van der Waals surface area contributed by atoms with Crippen LogP contribution in [0.4, 0.5) is 0 Å². The third kappa shape index (κ3) is 2.67. The Kier molecular flexibility index (Phi) is 3.47. The molecule has 1 fully saturated rings. The number of likely N-dealkylation sites (tertiary alicyclic amines) is 1. The van der Waals surface area contributed by atoms with E-state index in [-0.39, 0.29) is 12.5 Å². The molecule has 1 rings (SSSR count). The Morgan fingerprint density at radius 1 is 1.79 bits per heavy atom. The average molecular weight is 202 g/mol. The summed E-state index contributed by atoms with van der Waals surface area (Å²) in [5.41, 5.74) is 4.84.